The van der Waals surface area contributed by atoms with Gasteiger partial charge in [0.15, 0.2) is 5.69 Å². The van der Waals surface area contributed by atoms with E-state index in [9.17, 15) is 18.0 Å². The van der Waals surface area contributed by atoms with Gasteiger partial charge in [-0.25, -0.2) is 0 Å². The van der Waals surface area contributed by atoms with Gasteiger partial charge in [-0.05, 0) is 30.5 Å². The van der Waals surface area contributed by atoms with Gasteiger partial charge in [-0.2, -0.15) is 18.3 Å². The Morgan fingerprint density at radius 2 is 1.83 bits per heavy atom. The van der Waals surface area contributed by atoms with Crippen molar-refractivity contribution >= 4 is 21.8 Å². The van der Waals surface area contributed by atoms with E-state index in [2.05, 4.69) is 32.0 Å². The van der Waals surface area contributed by atoms with Crippen LogP contribution in [0.5, 0.6) is 0 Å². The number of piperazine rings is 1. The summed E-state index contributed by atoms with van der Waals surface area (Å²) in [5, 5.41) is 3.74. The molecule has 0 atom stereocenters. The van der Waals surface area contributed by atoms with Crippen LogP contribution in [0, 0.1) is 0 Å². The quantitative estimate of drug-likeness (QED) is 0.614. The Labute approximate surface area is 182 Å². The molecule has 2 fully saturated rings. The molecule has 4 rings (SSSR count). The van der Waals surface area contributed by atoms with E-state index < -0.39 is 11.9 Å². The van der Waals surface area contributed by atoms with Gasteiger partial charge in [0.1, 0.15) is 0 Å². The third-order valence-electron chi connectivity index (χ3n) is 5.71. The molecule has 2 aliphatic rings. The maximum atomic E-state index is 13.0. The Bertz CT molecular complexity index is 902. The standard InChI is InChI=1S/C21H24BrF3N4O/c22-17-4-2-1-3-16(17)14-27-9-11-28(12-10-27)20(30)7-8-29-18(15-5-6-15)13-19(26-29)21(23,24)25/h1-4,13,15H,5-12,14H2. The number of carbonyl (C=O) groups is 1. The highest BCUT2D eigenvalue weighted by atomic mass is 79.9. The molecule has 0 bridgehead atoms. The zero-order chi connectivity index (χ0) is 21.3. The lowest BCUT2D eigenvalue weighted by Gasteiger charge is -2.35. The van der Waals surface area contributed by atoms with Crippen molar-refractivity contribution in [1.82, 2.24) is 19.6 Å². The second-order valence-electron chi connectivity index (χ2n) is 7.95. The van der Waals surface area contributed by atoms with Crippen molar-refractivity contribution in [2.24, 2.45) is 0 Å². The SMILES string of the molecule is O=C(CCn1nc(C(F)(F)F)cc1C1CC1)N1CCN(Cc2ccccc2Br)CC1. The Kier molecular flexibility index (Phi) is 6.20. The molecule has 1 aliphatic carbocycles. The van der Waals surface area contributed by atoms with Gasteiger partial charge in [0.2, 0.25) is 5.91 Å². The van der Waals surface area contributed by atoms with E-state index in [0.717, 1.165) is 43.0 Å². The van der Waals surface area contributed by atoms with Gasteiger partial charge in [-0.1, -0.05) is 34.1 Å². The number of halogens is 4. The molecule has 0 N–H and O–H groups in total. The second-order valence-corrected chi connectivity index (χ2v) is 8.80. The van der Waals surface area contributed by atoms with Crippen LogP contribution in [0.3, 0.4) is 0 Å². The zero-order valence-corrected chi connectivity index (χ0v) is 18.1. The van der Waals surface area contributed by atoms with E-state index >= 15 is 0 Å². The lowest BCUT2D eigenvalue weighted by Crippen LogP contribution is -2.48. The first kappa shape index (κ1) is 21.4. The van der Waals surface area contributed by atoms with Crippen LogP contribution in [-0.2, 0) is 24.1 Å². The summed E-state index contributed by atoms with van der Waals surface area (Å²) in [5.74, 6) is 0.117. The van der Waals surface area contributed by atoms with Crippen LogP contribution in [0.25, 0.3) is 0 Å². The van der Waals surface area contributed by atoms with Crippen LogP contribution in [0.15, 0.2) is 34.8 Å². The smallest absolute Gasteiger partial charge is 0.340 e. The molecule has 30 heavy (non-hydrogen) atoms. The number of amides is 1. The van der Waals surface area contributed by atoms with Crippen LogP contribution >= 0.6 is 15.9 Å². The average Bonchev–Trinajstić information content (AvgIpc) is 3.46. The first-order valence-electron chi connectivity index (χ1n) is 10.2. The molecule has 0 unspecified atom stereocenters. The number of carbonyl (C=O) groups excluding carboxylic acids is 1. The van der Waals surface area contributed by atoms with Gasteiger partial charge in [0.05, 0.1) is 0 Å². The molecule has 9 heteroatoms. The van der Waals surface area contributed by atoms with Crippen molar-refractivity contribution in [2.75, 3.05) is 26.2 Å². The Morgan fingerprint density at radius 3 is 2.47 bits per heavy atom. The number of benzene rings is 1. The molecule has 2 aromatic rings. The predicted molar refractivity (Wildman–Crippen MR) is 110 cm³/mol. The Morgan fingerprint density at radius 1 is 1.13 bits per heavy atom. The van der Waals surface area contributed by atoms with Crippen LogP contribution in [-0.4, -0.2) is 51.7 Å². The number of hydrogen-bond acceptors (Lipinski definition) is 3. The van der Waals surface area contributed by atoms with E-state index in [0.29, 0.717) is 18.8 Å². The Balaban J connectivity index is 1.29. The van der Waals surface area contributed by atoms with Crippen molar-refractivity contribution in [3.05, 3.63) is 51.8 Å². The van der Waals surface area contributed by atoms with E-state index in [-0.39, 0.29) is 24.8 Å². The lowest BCUT2D eigenvalue weighted by atomic mass is 10.2. The minimum Gasteiger partial charge on any atom is -0.340 e. The normalized spacial score (nSPS) is 18.1. The number of rotatable bonds is 6. The molecule has 1 aliphatic heterocycles. The maximum absolute atomic E-state index is 13.0. The highest BCUT2D eigenvalue weighted by Gasteiger charge is 2.37. The molecular weight excluding hydrogens is 461 g/mol. The number of alkyl halides is 3. The first-order chi connectivity index (χ1) is 14.3. The van der Waals surface area contributed by atoms with Gasteiger partial charge in [-0.15, -0.1) is 0 Å². The second kappa shape index (κ2) is 8.70. The molecule has 2 heterocycles. The monoisotopic (exact) mass is 484 g/mol. The van der Waals surface area contributed by atoms with Crippen molar-refractivity contribution in [3.8, 4) is 0 Å². The summed E-state index contributed by atoms with van der Waals surface area (Å²) in [6.07, 6.45) is -2.52. The molecule has 1 aromatic heterocycles. The molecule has 162 valence electrons. The molecular formula is C21H24BrF3N4O. The van der Waals surface area contributed by atoms with Crippen molar-refractivity contribution in [3.63, 3.8) is 0 Å². The molecule has 1 amide bonds. The zero-order valence-electron chi connectivity index (χ0n) is 16.5. The molecule has 1 saturated carbocycles. The minimum atomic E-state index is -4.46. The number of aryl methyl sites for hydroxylation is 1. The summed E-state index contributed by atoms with van der Waals surface area (Å²) in [7, 11) is 0. The number of aromatic nitrogens is 2. The Hall–Kier alpha value is -1.87. The van der Waals surface area contributed by atoms with Crippen LogP contribution < -0.4 is 0 Å². The third kappa shape index (κ3) is 5.06. The predicted octanol–water partition coefficient (Wildman–Crippen LogP) is 4.28. The summed E-state index contributed by atoms with van der Waals surface area (Å²) in [5.41, 5.74) is 0.954. The van der Waals surface area contributed by atoms with Crippen LogP contribution in [0.2, 0.25) is 0 Å². The van der Waals surface area contributed by atoms with Crippen LogP contribution in [0.4, 0.5) is 13.2 Å². The van der Waals surface area contributed by atoms with Crippen LogP contribution in [0.1, 0.15) is 42.1 Å². The summed E-state index contributed by atoms with van der Waals surface area (Å²) in [4.78, 5) is 16.7. The van der Waals surface area contributed by atoms with E-state index in [1.807, 2.05) is 23.1 Å². The molecule has 1 aromatic carbocycles. The topological polar surface area (TPSA) is 41.4 Å². The van der Waals surface area contributed by atoms with E-state index in [4.69, 9.17) is 0 Å². The molecule has 1 saturated heterocycles. The third-order valence-corrected chi connectivity index (χ3v) is 6.49. The van der Waals surface area contributed by atoms with Gasteiger partial charge >= 0.3 is 6.18 Å². The summed E-state index contributed by atoms with van der Waals surface area (Å²) < 4.78 is 41.5. The summed E-state index contributed by atoms with van der Waals surface area (Å²) in [6.45, 7) is 3.83. The molecule has 0 radical (unpaired) electrons. The summed E-state index contributed by atoms with van der Waals surface area (Å²) >= 11 is 3.57. The first-order valence-corrected chi connectivity index (χ1v) is 11.0. The fourth-order valence-corrected chi connectivity index (χ4v) is 4.25. The van der Waals surface area contributed by atoms with Gasteiger partial charge in [0, 0.05) is 61.8 Å². The van der Waals surface area contributed by atoms with Crippen molar-refractivity contribution in [2.45, 2.75) is 44.4 Å². The highest BCUT2D eigenvalue weighted by Crippen LogP contribution is 2.42. The minimum absolute atomic E-state index is 0.0265. The fourth-order valence-electron chi connectivity index (χ4n) is 3.84. The summed E-state index contributed by atoms with van der Waals surface area (Å²) in [6, 6.07) is 9.23. The maximum Gasteiger partial charge on any atom is 0.435 e. The lowest BCUT2D eigenvalue weighted by molar-refractivity contribution is -0.141. The number of hydrogen-bond donors (Lipinski definition) is 0. The van der Waals surface area contributed by atoms with Gasteiger partial charge in [-0.3, -0.25) is 14.4 Å². The molecule has 0 spiro atoms. The largest absolute Gasteiger partial charge is 0.435 e. The fraction of sp³-hybridized carbons (Fsp3) is 0.524. The van der Waals surface area contributed by atoms with Gasteiger partial charge < -0.3 is 4.90 Å². The highest BCUT2D eigenvalue weighted by molar-refractivity contribution is 9.10. The van der Waals surface area contributed by atoms with Gasteiger partial charge in [0.25, 0.3) is 0 Å². The molecule has 5 nitrogen and oxygen atoms in total. The average molecular weight is 485 g/mol. The number of nitrogens with zero attached hydrogens (tertiary/aromatic N) is 4. The van der Waals surface area contributed by atoms with E-state index in [1.165, 1.54) is 10.2 Å². The van der Waals surface area contributed by atoms with Crippen molar-refractivity contribution in [1.29, 1.82) is 0 Å². The van der Waals surface area contributed by atoms with E-state index in [1.54, 1.807) is 0 Å². The van der Waals surface area contributed by atoms with Crippen molar-refractivity contribution < 1.29 is 18.0 Å².